The van der Waals surface area contributed by atoms with Crippen LogP contribution in [0.2, 0.25) is 0 Å². The van der Waals surface area contributed by atoms with Crippen LogP contribution in [-0.4, -0.2) is 25.5 Å². The second-order valence-corrected chi connectivity index (χ2v) is 2.97. The molecule has 0 spiro atoms. The van der Waals surface area contributed by atoms with Gasteiger partial charge in [-0.3, -0.25) is 14.7 Å². The van der Waals surface area contributed by atoms with Crippen LogP contribution in [0.25, 0.3) is 22.1 Å². The monoisotopic (exact) mass is 222 g/mol. The second kappa shape index (κ2) is 2.62. The van der Waals surface area contributed by atoms with E-state index in [0.717, 1.165) is 0 Å². The maximum absolute atomic E-state index is 11.2. The number of hydrogen-bond acceptors (Lipinski definition) is 7. The van der Waals surface area contributed by atoms with Crippen molar-refractivity contribution in [1.29, 1.82) is 0 Å². The first-order valence-electron chi connectivity index (χ1n) is 4.06. The summed E-state index contributed by atoms with van der Waals surface area (Å²) in [7, 11) is 0. The van der Waals surface area contributed by atoms with Crippen LogP contribution in [0.15, 0.2) is 10.7 Å². The lowest BCUT2D eigenvalue weighted by Crippen LogP contribution is -2.22. The predicted octanol–water partition coefficient (Wildman–Crippen LogP) is -0.359. The first-order valence-corrected chi connectivity index (χ1v) is 4.06. The summed E-state index contributed by atoms with van der Waals surface area (Å²) in [5.74, 6) is 0. The Kier molecular flexibility index (Phi) is 1.40. The molecule has 3 rings (SSSR count). The second-order valence-electron chi connectivity index (χ2n) is 2.97. The zero-order valence-corrected chi connectivity index (χ0v) is 7.45. The summed E-state index contributed by atoms with van der Waals surface area (Å²) in [6.45, 7) is 0. The number of hydrogen-bond donors (Lipinski definition) is 1. The predicted molar refractivity (Wildman–Crippen MR) is 47.1 cm³/mol. The van der Waals surface area contributed by atoms with E-state index in [9.17, 15) is 15.3 Å². The van der Waals surface area contributed by atoms with E-state index in [2.05, 4.69) is 25.2 Å². The molecule has 0 atom stereocenters. The normalized spacial score (nSPS) is 11.2. The third kappa shape index (κ3) is 0.893. The van der Waals surface area contributed by atoms with Crippen LogP contribution in [-0.2, 0) is 0 Å². The van der Waals surface area contributed by atoms with Crippen molar-refractivity contribution in [2.45, 2.75) is 0 Å². The summed E-state index contributed by atoms with van der Waals surface area (Å²) < 4.78 is 4.31. The first-order chi connectivity index (χ1) is 7.68. The SMILES string of the molecule is O=[N+]([O-])c1cc2n[nH]nc2c2c1no[n+]2[O-]. The zero-order valence-electron chi connectivity index (χ0n) is 7.45. The Labute approximate surface area is 85.1 Å². The van der Waals surface area contributed by atoms with Gasteiger partial charge in [-0.1, -0.05) is 0 Å². The first kappa shape index (κ1) is 8.52. The van der Waals surface area contributed by atoms with E-state index < -0.39 is 4.92 Å². The quantitative estimate of drug-likeness (QED) is 0.337. The highest BCUT2D eigenvalue weighted by molar-refractivity contribution is 6.02. The summed E-state index contributed by atoms with van der Waals surface area (Å²) in [6.07, 6.45) is 0. The summed E-state index contributed by atoms with van der Waals surface area (Å²) in [4.78, 5) is 10.1. The highest BCUT2D eigenvalue weighted by atomic mass is 16.8. The van der Waals surface area contributed by atoms with Crippen LogP contribution in [0.1, 0.15) is 0 Å². The van der Waals surface area contributed by atoms with Gasteiger partial charge in [0.2, 0.25) is 0 Å². The molecule has 10 nitrogen and oxygen atoms in total. The summed E-state index contributed by atoms with van der Waals surface area (Å²) in [5, 5.41) is 35.0. The molecular formula is C6H2N6O4. The number of non-ortho nitro benzene ring substituents is 1. The molecule has 0 aliphatic heterocycles. The Hall–Kier alpha value is -2.78. The fourth-order valence-electron chi connectivity index (χ4n) is 1.47. The van der Waals surface area contributed by atoms with Gasteiger partial charge in [0, 0.05) is 0 Å². The van der Waals surface area contributed by atoms with Crippen molar-refractivity contribution in [2.24, 2.45) is 0 Å². The maximum Gasteiger partial charge on any atom is 0.329 e. The molecule has 2 aromatic heterocycles. The number of nitro groups is 1. The number of nitrogens with zero attached hydrogens (tertiary/aromatic N) is 5. The molecule has 0 aliphatic carbocycles. The molecule has 0 amide bonds. The lowest BCUT2D eigenvalue weighted by Gasteiger charge is -1.89. The average molecular weight is 222 g/mol. The summed E-state index contributed by atoms with van der Waals surface area (Å²) in [5.41, 5.74) is -0.238. The molecule has 0 fully saturated rings. The zero-order chi connectivity index (χ0) is 11.3. The van der Waals surface area contributed by atoms with Gasteiger partial charge in [0.25, 0.3) is 5.52 Å². The number of aromatic nitrogens is 5. The van der Waals surface area contributed by atoms with Crippen molar-refractivity contribution in [3.8, 4) is 0 Å². The number of nitrogens with one attached hydrogen (secondary N) is 1. The van der Waals surface area contributed by atoms with Crippen LogP contribution in [0.5, 0.6) is 0 Å². The van der Waals surface area contributed by atoms with Gasteiger partial charge in [-0.2, -0.15) is 15.4 Å². The van der Waals surface area contributed by atoms with E-state index in [1.165, 1.54) is 6.07 Å². The van der Waals surface area contributed by atoms with Gasteiger partial charge in [-0.05, 0) is 4.90 Å². The highest BCUT2D eigenvalue weighted by Crippen LogP contribution is 2.27. The minimum Gasteiger partial charge on any atom is -0.359 e. The van der Waals surface area contributed by atoms with Crippen molar-refractivity contribution < 1.29 is 14.5 Å². The van der Waals surface area contributed by atoms with Gasteiger partial charge in [0.15, 0.2) is 5.52 Å². The van der Waals surface area contributed by atoms with Crippen LogP contribution in [0, 0.1) is 15.3 Å². The number of rotatable bonds is 1. The van der Waals surface area contributed by atoms with Gasteiger partial charge in [-0.15, -0.1) is 0 Å². The smallest absolute Gasteiger partial charge is 0.329 e. The van der Waals surface area contributed by atoms with E-state index in [-0.39, 0.29) is 32.7 Å². The number of fused-ring (bicyclic) bond motifs is 3. The fourth-order valence-corrected chi connectivity index (χ4v) is 1.47. The number of nitro benzene ring substituents is 1. The molecule has 80 valence electrons. The molecule has 3 aromatic rings. The van der Waals surface area contributed by atoms with Gasteiger partial charge in [-0.25, -0.2) is 0 Å². The van der Waals surface area contributed by atoms with Crippen LogP contribution in [0.4, 0.5) is 5.69 Å². The topological polar surface area (TPSA) is 138 Å². The molecule has 0 radical (unpaired) electrons. The third-order valence-corrected chi connectivity index (χ3v) is 2.13. The highest BCUT2D eigenvalue weighted by Gasteiger charge is 2.27. The Morgan fingerprint density at radius 2 is 2.25 bits per heavy atom. The number of benzene rings is 1. The Bertz CT molecular complexity index is 714. The molecule has 0 bridgehead atoms. The van der Waals surface area contributed by atoms with E-state index >= 15 is 0 Å². The minimum atomic E-state index is -0.668. The van der Waals surface area contributed by atoms with Gasteiger partial charge >= 0.3 is 11.2 Å². The lowest BCUT2D eigenvalue weighted by molar-refractivity contribution is -0.781. The van der Waals surface area contributed by atoms with E-state index in [1.54, 1.807) is 0 Å². The summed E-state index contributed by atoms with van der Waals surface area (Å²) in [6, 6.07) is 1.17. The van der Waals surface area contributed by atoms with Crippen molar-refractivity contribution in [2.75, 3.05) is 0 Å². The van der Waals surface area contributed by atoms with Crippen molar-refractivity contribution in [1.82, 2.24) is 20.6 Å². The molecule has 1 aromatic carbocycles. The molecule has 0 aliphatic rings. The molecule has 10 heteroatoms. The van der Waals surface area contributed by atoms with E-state index in [0.29, 0.717) is 0 Å². The minimum absolute atomic E-state index is 0.0627. The van der Waals surface area contributed by atoms with Crippen molar-refractivity contribution >= 4 is 27.8 Å². The molecule has 0 saturated carbocycles. The van der Waals surface area contributed by atoms with Gasteiger partial charge in [0.05, 0.1) is 16.1 Å². The van der Waals surface area contributed by atoms with Crippen LogP contribution < -0.4 is 4.90 Å². The molecule has 0 saturated heterocycles. The molecular weight excluding hydrogens is 220 g/mol. The average Bonchev–Trinajstić information content (AvgIpc) is 2.82. The Morgan fingerprint density at radius 3 is 3.00 bits per heavy atom. The largest absolute Gasteiger partial charge is 0.359 e. The maximum atomic E-state index is 11.2. The number of H-pyrrole nitrogens is 1. The molecule has 0 unspecified atom stereocenters. The molecule has 16 heavy (non-hydrogen) atoms. The third-order valence-electron chi connectivity index (χ3n) is 2.13. The molecule has 2 heterocycles. The van der Waals surface area contributed by atoms with Crippen molar-refractivity contribution in [3.63, 3.8) is 0 Å². The lowest BCUT2D eigenvalue weighted by atomic mass is 10.2. The van der Waals surface area contributed by atoms with E-state index in [4.69, 9.17) is 0 Å². The fraction of sp³-hybridized carbons (Fsp3) is 0. The standard InChI is InChI=1S/C6H2N6O4/c13-11(14)3-1-2-4(8-10-7-2)6-5(3)9-16-12(6)15/h1H,(H,7,8,10). The van der Waals surface area contributed by atoms with Gasteiger partial charge < -0.3 is 5.21 Å². The van der Waals surface area contributed by atoms with Crippen LogP contribution >= 0.6 is 0 Å². The van der Waals surface area contributed by atoms with Crippen LogP contribution in [0.3, 0.4) is 0 Å². The van der Waals surface area contributed by atoms with Crippen molar-refractivity contribution in [3.05, 3.63) is 21.4 Å². The van der Waals surface area contributed by atoms with Gasteiger partial charge in [0.1, 0.15) is 5.52 Å². The Morgan fingerprint density at radius 1 is 1.44 bits per heavy atom. The summed E-state index contributed by atoms with van der Waals surface area (Å²) >= 11 is 0. The molecule has 1 N–H and O–H groups in total. The Balaban J connectivity index is 2.62. The van der Waals surface area contributed by atoms with E-state index in [1.807, 2.05) is 0 Å². The number of aromatic amines is 1.